The Morgan fingerprint density at radius 3 is 2.22 bits per heavy atom. The van der Waals surface area contributed by atoms with Gasteiger partial charge in [-0.3, -0.25) is 19.4 Å². The number of para-hydroxylation sites is 1. The van der Waals surface area contributed by atoms with Crippen LogP contribution in [0.15, 0.2) is 59.7 Å². The molecule has 14 nitrogen and oxygen atoms in total. The Hall–Kier alpha value is -4.76. The molecule has 4 atom stereocenters. The van der Waals surface area contributed by atoms with Crippen LogP contribution in [0.1, 0.15) is 30.4 Å². The molecule has 0 aliphatic carbocycles. The third-order valence-electron chi connectivity index (χ3n) is 7.26. The molecule has 0 fully saturated rings. The highest BCUT2D eigenvalue weighted by Gasteiger charge is 2.30. The number of hydrogen-bond donors (Lipinski definition) is 9. The van der Waals surface area contributed by atoms with Gasteiger partial charge in [-0.25, -0.2) is 4.79 Å². The van der Waals surface area contributed by atoms with E-state index in [1.54, 1.807) is 18.3 Å². The summed E-state index contributed by atoms with van der Waals surface area (Å²) in [5.41, 5.74) is 19.3. The van der Waals surface area contributed by atoms with Crippen molar-refractivity contribution in [3.63, 3.8) is 0 Å². The number of carbonyl (C=O) groups excluding carboxylic acids is 3. The first-order chi connectivity index (χ1) is 22.0. The van der Waals surface area contributed by atoms with E-state index in [9.17, 15) is 29.4 Å². The summed E-state index contributed by atoms with van der Waals surface area (Å²) in [6.45, 7) is 0.190. The molecule has 0 aliphatic rings. The molecule has 1 heterocycles. The highest BCUT2D eigenvalue weighted by atomic mass is 32.2. The fourth-order valence-electron chi connectivity index (χ4n) is 4.80. The van der Waals surface area contributed by atoms with Gasteiger partial charge in [-0.05, 0) is 67.0 Å². The highest BCUT2D eigenvalue weighted by molar-refractivity contribution is 7.98. The number of nitrogens with zero attached hydrogens (tertiary/aromatic N) is 1. The Bertz CT molecular complexity index is 1510. The number of carbonyl (C=O) groups is 4. The number of aromatic nitrogens is 1. The van der Waals surface area contributed by atoms with Gasteiger partial charge in [0.15, 0.2) is 5.96 Å². The molecule has 2 aromatic carbocycles. The van der Waals surface area contributed by atoms with Crippen molar-refractivity contribution in [1.82, 2.24) is 20.9 Å². The quantitative estimate of drug-likeness (QED) is 0.0516. The molecule has 46 heavy (non-hydrogen) atoms. The summed E-state index contributed by atoms with van der Waals surface area (Å²) < 4.78 is 0. The van der Waals surface area contributed by atoms with Crippen molar-refractivity contribution in [2.75, 3.05) is 18.6 Å². The third kappa shape index (κ3) is 11.0. The van der Waals surface area contributed by atoms with Gasteiger partial charge in [0.25, 0.3) is 0 Å². The van der Waals surface area contributed by atoms with Crippen LogP contribution in [0.3, 0.4) is 0 Å². The van der Waals surface area contributed by atoms with E-state index in [0.29, 0.717) is 17.7 Å². The summed E-state index contributed by atoms with van der Waals surface area (Å²) >= 11 is 1.45. The smallest absolute Gasteiger partial charge is 0.326 e. The van der Waals surface area contributed by atoms with Crippen LogP contribution in [0.5, 0.6) is 5.75 Å². The number of nitrogens with one attached hydrogen (secondary N) is 4. The van der Waals surface area contributed by atoms with Crippen molar-refractivity contribution in [3.8, 4) is 5.75 Å². The lowest BCUT2D eigenvalue weighted by Gasteiger charge is -2.25. The van der Waals surface area contributed by atoms with Crippen molar-refractivity contribution in [2.45, 2.75) is 56.3 Å². The molecule has 15 heteroatoms. The zero-order valence-electron chi connectivity index (χ0n) is 25.6. The van der Waals surface area contributed by atoms with E-state index < -0.39 is 47.9 Å². The number of benzene rings is 2. The standard InChI is InChI=1S/C31H42N8O6S/c1-46-14-12-24(28(42)38-25(30(44)45)7-4-13-35-31(33)34)37-29(43)26(15-18-8-10-20(40)11-9-18)39-27(41)22(32)16-19-17-36-23-6-3-2-5-21(19)23/h2-3,5-6,8-11,17,22,24-26,36,40H,4,7,12-16,32H2,1H3,(H,37,43)(H,38,42)(H,39,41)(H,44,45)(H4,33,34,35). The average Bonchev–Trinajstić information content (AvgIpc) is 3.43. The Morgan fingerprint density at radius 2 is 1.54 bits per heavy atom. The van der Waals surface area contributed by atoms with Crippen molar-refractivity contribution in [2.24, 2.45) is 22.2 Å². The number of carboxylic acid groups (broad SMARTS) is 1. The minimum absolute atomic E-state index is 0.0367. The zero-order chi connectivity index (χ0) is 33.6. The molecule has 3 rings (SSSR count). The molecule has 4 unspecified atom stereocenters. The van der Waals surface area contributed by atoms with Crippen molar-refractivity contribution in [1.29, 1.82) is 0 Å². The Kier molecular flexibility index (Phi) is 13.7. The van der Waals surface area contributed by atoms with Gasteiger partial charge in [-0.15, -0.1) is 0 Å². The lowest BCUT2D eigenvalue weighted by atomic mass is 10.0. The number of thioether (sulfide) groups is 1. The van der Waals surface area contributed by atoms with Gasteiger partial charge < -0.3 is 48.3 Å². The van der Waals surface area contributed by atoms with Crippen LogP contribution in [0.25, 0.3) is 10.9 Å². The minimum atomic E-state index is -1.24. The number of aromatic hydroxyl groups is 1. The van der Waals surface area contributed by atoms with Gasteiger partial charge in [0.1, 0.15) is 23.9 Å². The van der Waals surface area contributed by atoms with Gasteiger partial charge in [-0.1, -0.05) is 30.3 Å². The molecule has 0 saturated carbocycles. The Balaban J connectivity index is 1.75. The summed E-state index contributed by atoms with van der Waals surface area (Å²) in [6.07, 6.45) is 4.45. The number of hydrogen-bond acceptors (Lipinski definition) is 8. The fourth-order valence-corrected chi connectivity index (χ4v) is 5.27. The third-order valence-corrected chi connectivity index (χ3v) is 7.91. The molecule has 12 N–H and O–H groups in total. The number of rotatable bonds is 18. The van der Waals surface area contributed by atoms with E-state index >= 15 is 0 Å². The number of H-pyrrole nitrogens is 1. The number of nitrogens with two attached hydrogens (primary N) is 3. The van der Waals surface area contributed by atoms with Crippen LogP contribution >= 0.6 is 11.8 Å². The molecule has 0 aliphatic heterocycles. The van der Waals surface area contributed by atoms with E-state index in [1.807, 2.05) is 30.5 Å². The second-order valence-corrected chi connectivity index (χ2v) is 11.8. The normalized spacial score (nSPS) is 13.6. The predicted octanol–water partition coefficient (Wildman–Crippen LogP) is 0.332. The summed E-state index contributed by atoms with van der Waals surface area (Å²) in [4.78, 5) is 59.1. The topological polar surface area (TPSA) is 251 Å². The molecular formula is C31H42N8O6S. The lowest BCUT2D eigenvalue weighted by molar-refractivity contribution is -0.142. The number of carboxylic acids is 1. The van der Waals surface area contributed by atoms with E-state index in [2.05, 4.69) is 25.9 Å². The molecule has 0 saturated heterocycles. The number of phenols is 1. The van der Waals surface area contributed by atoms with Crippen LogP contribution in [0.2, 0.25) is 0 Å². The van der Waals surface area contributed by atoms with Gasteiger partial charge in [0.2, 0.25) is 17.7 Å². The number of amides is 3. The largest absolute Gasteiger partial charge is 0.508 e. The first kappa shape index (κ1) is 35.7. The van der Waals surface area contributed by atoms with Crippen LogP contribution in [0.4, 0.5) is 0 Å². The summed E-state index contributed by atoms with van der Waals surface area (Å²) in [6, 6.07) is 9.34. The Labute approximate surface area is 271 Å². The number of aliphatic imine (C=N–C) groups is 1. The van der Waals surface area contributed by atoms with Crippen molar-refractivity contribution in [3.05, 3.63) is 65.9 Å². The maximum absolute atomic E-state index is 13.7. The van der Waals surface area contributed by atoms with Gasteiger partial charge in [0, 0.05) is 30.1 Å². The maximum Gasteiger partial charge on any atom is 0.326 e. The first-order valence-corrected chi connectivity index (χ1v) is 16.1. The van der Waals surface area contributed by atoms with Crippen molar-refractivity contribution >= 4 is 52.3 Å². The van der Waals surface area contributed by atoms with E-state index in [1.165, 1.54) is 23.9 Å². The Morgan fingerprint density at radius 1 is 0.891 bits per heavy atom. The molecule has 0 bridgehead atoms. The van der Waals surface area contributed by atoms with Gasteiger partial charge in [0.05, 0.1) is 6.04 Å². The number of guanidine groups is 1. The highest BCUT2D eigenvalue weighted by Crippen LogP contribution is 2.19. The number of aromatic amines is 1. The van der Waals surface area contributed by atoms with Gasteiger partial charge in [-0.2, -0.15) is 11.8 Å². The van der Waals surface area contributed by atoms with Crippen molar-refractivity contribution < 1.29 is 29.4 Å². The van der Waals surface area contributed by atoms with Crippen LogP contribution in [-0.2, 0) is 32.0 Å². The number of fused-ring (bicyclic) bond motifs is 1. The minimum Gasteiger partial charge on any atom is -0.508 e. The second-order valence-electron chi connectivity index (χ2n) is 10.8. The van der Waals surface area contributed by atoms with Crippen LogP contribution in [0, 0.1) is 0 Å². The molecule has 3 aromatic rings. The lowest BCUT2D eigenvalue weighted by Crippen LogP contribution is -2.58. The number of phenolic OH excluding ortho intramolecular Hbond substituents is 1. The molecular weight excluding hydrogens is 612 g/mol. The van der Waals surface area contributed by atoms with E-state index in [0.717, 1.165) is 16.5 Å². The molecule has 0 spiro atoms. The maximum atomic E-state index is 13.7. The van der Waals surface area contributed by atoms with Crippen LogP contribution < -0.4 is 33.2 Å². The van der Waals surface area contributed by atoms with E-state index in [4.69, 9.17) is 17.2 Å². The second kappa shape index (κ2) is 17.7. The van der Waals surface area contributed by atoms with E-state index in [-0.39, 0.29) is 43.9 Å². The summed E-state index contributed by atoms with van der Waals surface area (Å²) in [5.74, 6) is -2.73. The molecule has 0 radical (unpaired) electrons. The molecule has 248 valence electrons. The number of aliphatic carboxylic acids is 1. The monoisotopic (exact) mass is 654 g/mol. The SMILES string of the molecule is CSCCC(NC(=O)C(Cc1ccc(O)cc1)NC(=O)C(N)Cc1c[nH]c2ccccc12)C(=O)NC(CCCN=C(N)N)C(=O)O. The first-order valence-electron chi connectivity index (χ1n) is 14.7. The zero-order valence-corrected chi connectivity index (χ0v) is 26.4. The average molecular weight is 655 g/mol. The fraction of sp³-hybridized carbons (Fsp3) is 0.387. The van der Waals surface area contributed by atoms with Gasteiger partial charge >= 0.3 is 5.97 Å². The molecule has 3 amide bonds. The summed E-state index contributed by atoms with van der Waals surface area (Å²) in [7, 11) is 0. The van der Waals surface area contributed by atoms with Crippen LogP contribution in [-0.4, -0.2) is 87.6 Å². The molecule has 1 aromatic heterocycles. The summed E-state index contributed by atoms with van der Waals surface area (Å²) in [5, 5.41) is 28.2. The predicted molar refractivity (Wildman–Crippen MR) is 178 cm³/mol.